The highest BCUT2D eigenvalue weighted by Crippen LogP contribution is 2.19. The van der Waals surface area contributed by atoms with Crippen LogP contribution < -0.4 is 5.73 Å². The Hall–Kier alpha value is -1.53. The molecule has 0 radical (unpaired) electrons. The van der Waals surface area contributed by atoms with Crippen molar-refractivity contribution in [1.82, 2.24) is 9.88 Å². The van der Waals surface area contributed by atoms with Crippen LogP contribution in [0.2, 0.25) is 0 Å². The Morgan fingerprint density at radius 3 is 2.86 bits per heavy atom. The van der Waals surface area contributed by atoms with Crippen LogP contribution in [0, 0.1) is 5.92 Å². The van der Waals surface area contributed by atoms with Gasteiger partial charge in [0.05, 0.1) is 4.99 Å². The van der Waals surface area contributed by atoms with E-state index in [1.807, 2.05) is 17.0 Å². The van der Waals surface area contributed by atoms with Crippen LogP contribution in [0.3, 0.4) is 0 Å². The standard InChI is InChI=1S/C15H21N3O2S/c16-14(21)3-7-18(11-12-2-1-6-17-10-12)15(19)13-4-8-20-9-5-13/h1-2,6,10,13H,3-5,7-9,11H2,(H2,16,21). The molecular formula is C15H21N3O2S. The van der Waals surface area contributed by atoms with Gasteiger partial charge in [-0.05, 0) is 24.5 Å². The zero-order valence-electron chi connectivity index (χ0n) is 12.0. The molecule has 0 saturated carbocycles. The number of aromatic nitrogens is 1. The molecule has 6 heteroatoms. The molecule has 5 nitrogen and oxygen atoms in total. The third-order valence-corrected chi connectivity index (χ3v) is 3.81. The lowest BCUT2D eigenvalue weighted by Crippen LogP contribution is -2.39. The smallest absolute Gasteiger partial charge is 0.226 e. The Bertz CT molecular complexity index is 475. The molecule has 2 rings (SSSR count). The number of hydrogen-bond donors (Lipinski definition) is 1. The van der Waals surface area contributed by atoms with Gasteiger partial charge in [0.1, 0.15) is 0 Å². The van der Waals surface area contributed by atoms with Crippen molar-refractivity contribution in [2.75, 3.05) is 19.8 Å². The molecule has 0 aliphatic carbocycles. The minimum Gasteiger partial charge on any atom is -0.393 e. The summed E-state index contributed by atoms with van der Waals surface area (Å²) in [6.07, 6.45) is 5.63. The highest BCUT2D eigenvalue weighted by Gasteiger charge is 2.26. The molecule has 0 unspecified atom stereocenters. The summed E-state index contributed by atoms with van der Waals surface area (Å²) in [6.45, 7) is 2.42. The van der Waals surface area contributed by atoms with Crippen molar-refractivity contribution < 1.29 is 9.53 Å². The zero-order chi connectivity index (χ0) is 15.1. The van der Waals surface area contributed by atoms with E-state index in [9.17, 15) is 4.79 Å². The maximum Gasteiger partial charge on any atom is 0.226 e. The van der Waals surface area contributed by atoms with E-state index >= 15 is 0 Å². The molecule has 1 fully saturated rings. The molecule has 1 aliphatic heterocycles. The zero-order valence-corrected chi connectivity index (χ0v) is 12.8. The first-order valence-electron chi connectivity index (χ1n) is 7.20. The van der Waals surface area contributed by atoms with Crippen LogP contribution >= 0.6 is 12.2 Å². The first-order valence-corrected chi connectivity index (χ1v) is 7.61. The molecule has 1 aromatic heterocycles. The van der Waals surface area contributed by atoms with Gasteiger partial charge in [-0.25, -0.2) is 0 Å². The second kappa shape index (κ2) is 8.05. The Morgan fingerprint density at radius 1 is 1.48 bits per heavy atom. The third-order valence-electron chi connectivity index (χ3n) is 3.61. The minimum atomic E-state index is 0.0433. The molecule has 0 atom stereocenters. The second-order valence-electron chi connectivity index (χ2n) is 5.22. The topological polar surface area (TPSA) is 68.5 Å². The summed E-state index contributed by atoms with van der Waals surface area (Å²) in [6, 6.07) is 3.85. The fraction of sp³-hybridized carbons (Fsp3) is 0.533. The van der Waals surface area contributed by atoms with Crippen molar-refractivity contribution in [3.8, 4) is 0 Å². The molecular weight excluding hydrogens is 286 g/mol. The summed E-state index contributed by atoms with van der Waals surface area (Å²) in [5.41, 5.74) is 6.59. The number of ether oxygens (including phenoxy) is 1. The van der Waals surface area contributed by atoms with E-state index in [4.69, 9.17) is 22.7 Å². The lowest BCUT2D eigenvalue weighted by molar-refractivity contribution is -0.139. The van der Waals surface area contributed by atoms with Gasteiger partial charge in [-0.1, -0.05) is 18.3 Å². The van der Waals surface area contributed by atoms with Crippen LogP contribution in [0.1, 0.15) is 24.8 Å². The molecule has 2 N–H and O–H groups in total. The maximum atomic E-state index is 12.7. The van der Waals surface area contributed by atoms with E-state index in [1.54, 1.807) is 12.4 Å². The van der Waals surface area contributed by atoms with Gasteiger partial charge >= 0.3 is 0 Å². The van der Waals surface area contributed by atoms with Crippen LogP contribution in [0.5, 0.6) is 0 Å². The van der Waals surface area contributed by atoms with Gasteiger partial charge in [0.2, 0.25) is 5.91 Å². The van der Waals surface area contributed by atoms with Crippen molar-refractivity contribution in [2.45, 2.75) is 25.8 Å². The van der Waals surface area contributed by atoms with Crippen LogP contribution in [-0.4, -0.2) is 40.5 Å². The van der Waals surface area contributed by atoms with Gasteiger partial charge < -0.3 is 15.4 Å². The number of thiocarbonyl (C=S) groups is 1. The lowest BCUT2D eigenvalue weighted by atomic mass is 9.98. The maximum absolute atomic E-state index is 12.7. The molecule has 1 amide bonds. The Labute approximate surface area is 130 Å². The van der Waals surface area contributed by atoms with E-state index in [0.717, 1.165) is 18.4 Å². The summed E-state index contributed by atoms with van der Waals surface area (Å²) < 4.78 is 5.32. The number of rotatable bonds is 6. The average molecular weight is 307 g/mol. The Balaban J connectivity index is 2.03. The highest BCUT2D eigenvalue weighted by molar-refractivity contribution is 7.80. The van der Waals surface area contributed by atoms with Crippen molar-refractivity contribution in [3.63, 3.8) is 0 Å². The number of pyridine rings is 1. The fourth-order valence-electron chi connectivity index (χ4n) is 2.43. The molecule has 2 heterocycles. The summed E-state index contributed by atoms with van der Waals surface area (Å²) in [4.78, 5) is 19.1. The van der Waals surface area contributed by atoms with Crippen LogP contribution in [-0.2, 0) is 16.1 Å². The molecule has 0 spiro atoms. The van der Waals surface area contributed by atoms with Gasteiger partial charge in [-0.15, -0.1) is 0 Å². The number of carbonyl (C=O) groups excluding carboxylic acids is 1. The predicted molar refractivity (Wildman–Crippen MR) is 84.6 cm³/mol. The molecule has 0 aromatic carbocycles. The molecule has 1 aliphatic rings. The molecule has 1 saturated heterocycles. The Morgan fingerprint density at radius 2 is 2.24 bits per heavy atom. The van der Waals surface area contributed by atoms with E-state index in [1.165, 1.54) is 0 Å². The van der Waals surface area contributed by atoms with Gasteiger partial charge in [0.25, 0.3) is 0 Å². The number of nitrogens with zero attached hydrogens (tertiary/aromatic N) is 2. The van der Waals surface area contributed by atoms with Crippen molar-refractivity contribution in [1.29, 1.82) is 0 Å². The molecule has 114 valence electrons. The van der Waals surface area contributed by atoms with Crippen molar-refractivity contribution in [2.24, 2.45) is 11.7 Å². The number of carbonyl (C=O) groups is 1. The average Bonchev–Trinajstić information content (AvgIpc) is 2.52. The summed E-state index contributed by atoms with van der Waals surface area (Å²) in [7, 11) is 0. The van der Waals surface area contributed by atoms with E-state index in [2.05, 4.69) is 4.98 Å². The molecule has 0 bridgehead atoms. The number of hydrogen-bond acceptors (Lipinski definition) is 4. The predicted octanol–water partition coefficient (Wildman–Crippen LogP) is 1.51. The second-order valence-corrected chi connectivity index (χ2v) is 5.75. The van der Waals surface area contributed by atoms with E-state index < -0.39 is 0 Å². The Kier molecular flexibility index (Phi) is 6.07. The van der Waals surface area contributed by atoms with E-state index in [-0.39, 0.29) is 11.8 Å². The monoisotopic (exact) mass is 307 g/mol. The van der Waals surface area contributed by atoms with Crippen LogP contribution in [0.25, 0.3) is 0 Å². The first kappa shape index (κ1) is 15.9. The van der Waals surface area contributed by atoms with Crippen LogP contribution in [0.4, 0.5) is 0 Å². The third kappa shape index (κ3) is 5.06. The number of nitrogens with two attached hydrogens (primary N) is 1. The minimum absolute atomic E-state index is 0.0433. The van der Waals surface area contributed by atoms with E-state index in [0.29, 0.717) is 37.7 Å². The van der Waals surface area contributed by atoms with Gasteiger partial charge in [-0.2, -0.15) is 0 Å². The van der Waals surface area contributed by atoms with Crippen molar-refractivity contribution in [3.05, 3.63) is 30.1 Å². The van der Waals surface area contributed by atoms with Gasteiger partial charge in [-0.3, -0.25) is 9.78 Å². The summed E-state index contributed by atoms with van der Waals surface area (Å²) >= 11 is 4.93. The molecule has 21 heavy (non-hydrogen) atoms. The summed E-state index contributed by atoms with van der Waals surface area (Å²) in [5, 5.41) is 0. The van der Waals surface area contributed by atoms with Crippen LogP contribution in [0.15, 0.2) is 24.5 Å². The fourth-order valence-corrected chi connectivity index (χ4v) is 2.52. The summed E-state index contributed by atoms with van der Waals surface area (Å²) in [5.74, 6) is 0.208. The quantitative estimate of drug-likeness (QED) is 0.807. The number of amides is 1. The SMILES string of the molecule is NC(=S)CCN(Cc1cccnc1)C(=O)C1CCOCC1. The van der Waals surface area contributed by atoms with Gasteiger partial charge in [0, 0.05) is 51.0 Å². The lowest BCUT2D eigenvalue weighted by Gasteiger charge is -2.29. The largest absolute Gasteiger partial charge is 0.393 e. The molecule has 1 aromatic rings. The van der Waals surface area contributed by atoms with Gasteiger partial charge in [0.15, 0.2) is 0 Å². The highest BCUT2D eigenvalue weighted by atomic mass is 32.1. The first-order chi connectivity index (χ1) is 10.2. The normalized spacial score (nSPS) is 15.6. The van der Waals surface area contributed by atoms with Crippen molar-refractivity contribution >= 4 is 23.1 Å².